The van der Waals surface area contributed by atoms with Gasteiger partial charge in [0.05, 0.1) is 12.8 Å². The Morgan fingerprint density at radius 1 is 1.10 bits per heavy atom. The van der Waals surface area contributed by atoms with Crippen molar-refractivity contribution in [1.29, 1.82) is 0 Å². The zero-order chi connectivity index (χ0) is 22.1. The lowest BCUT2D eigenvalue weighted by Gasteiger charge is -2.41. The number of nitrogens with zero attached hydrogens (tertiary/aromatic N) is 2. The molecule has 3 rings (SSSR count). The molecule has 0 aliphatic carbocycles. The summed E-state index contributed by atoms with van der Waals surface area (Å²) < 4.78 is 5.12. The predicted octanol–water partition coefficient (Wildman–Crippen LogP) is 3.85. The van der Waals surface area contributed by atoms with Gasteiger partial charge in [0.15, 0.2) is 11.7 Å². The van der Waals surface area contributed by atoms with E-state index in [-0.39, 0.29) is 11.4 Å². The first kappa shape index (κ1) is 22.9. The number of furan rings is 1. The third-order valence-corrected chi connectivity index (χ3v) is 5.62. The molecule has 1 amide bonds. The fraction of sp³-hybridized carbons (Fsp3) is 0.500. The summed E-state index contributed by atoms with van der Waals surface area (Å²) in [6.45, 7) is 11.2. The quantitative estimate of drug-likeness (QED) is 0.442. The largest absolute Gasteiger partial charge is 0.459 e. The molecule has 1 fully saturated rings. The van der Waals surface area contributed by atoms with Crippen LogP contribution in [0.25, 0.3) is 0 Å². The van der Waals surface area contributed by atoms with E-state index in [1.165, 1.54) is 38.6 Å². The molecule has 1 aromatic heterocycles. The highest BCUT2D eigenvalue weighted by atomic mass is 16.3. The van der Waals surface area contributed by atoms with Crippen LogP contribution >= 0.6 is 0 Å². The van der Waals surface area contributed by atoms with Crippen LogP contribution in [0.15, 0.2) is 52.1 Å². The van der Waals surface area contributed by atoms with Gasteiger partial charge in [-0.2, -0.15) is 0 Å². The summed E-state index contributed by atoms with van der Waals surface area (Å²) in [6, 6.07) is 11.0. The molecule has 1 saturated heterocycles. The van der Waals surface area contributed by atoms with E-state index in [0.717, 1.165) is 30.3 Å². The van der Waals surface area contributed by atoms with Crippen molar-refractivity contribution >= 4 is 17.6 Å². The van der Waals surface area contributed by atoms with Crippen molar-refractivity contribution in [2.75, 3.05) is 31.5 Å². The number of likely N-dealkylation sites (tertiary alicyclic amines) is 1. The maximum absolute atomic E-state index is 12.1. The standard InChI is InChI=1S/C24H35N5O2/c1-4-25-23(27-18-24(2,3)29-14-6-5-7-15-29)26-17-19-10-12-20(13-11-19)28-22(30)21-9-8-16-31-21/h8-13,16H,4-7,14-15,17-18H2,1-3H3,(H,28,30)(H2,25,26,27). The van der Waals surface area contributed by atoms with Crippen molar-refractivity contribution in [2.45, 2.75) is 52.1 Å². The van der Waals surface area contributed by atoms with Crippen LogP contribution in [0, 0.1) is 0 Å². The average Bonchev–Trinajstić information content (AvgIpc) is 3.32. The van der Waals surface area contributed by atoms with Crippen LogP contribution in [-0.2, 0) is 6.54 Å². The number of piperidine rings is 1. The number of hydrogen-bond donors (Lipinski definition) is 3. The lowest BCUT2D eigenvalue weighted by molar-refractivity contribution is 0.0982. The molecular formula is C24H35N5O2. The lowest BCUT2D eigenvalue weighted by atomic mass is 9.98. The van der Waals surface area contributed by atoms with Crippen LogP contribution in [-0.4, -0.2) is 48.5 Å². The monoisotopic (exact) mass is 425 g/mol. The fourth-order valence-electron chi connectivity index (χ4n) is 3.72. The predicted molar refractivity (Wildman–Crippen MR) is 125 cm³/mol. The number of amides is 1. The van der Waals surface area contributed by atoms with Gasteiger partial charge >= 0.3 is 0 Å². The number of nitrogens with one attached hydrogen (secondary N) is 3. The van der Waals surface area contributed by atoms with Gasteiger partial charge in [-0.25, -0.2) is 4.99 Å². The zero-order valence-corrected chi connectivity index (χ0v) is 18.9. The minimum atomic E-state index is -0.259. The number of carbonyl (C=O) groups excluding carboxylic acids is 1. The summed E-state index contributed by atoms with van der Waals surface area (Å²) in [4.78, 5) is 19.4. The zero-order valence-electron chi connectivity index (χ0n) is 18.9. The first-order chi connectivity index (χ1) is 15.0. The number of guanidine groups is 1. The highest BCUT2D eigenvalue weighted by Crippen LogP contribution is 2.19. The lowest BCUT2D eigenvalue weighted by Crippen LogP contribution is -2.54. The molecule has 0 spiro atoms. The minimum absolute atomic E-state index is 0.0878. The smallest absolute Gasteiger partial charge is 0.291 e. The van der Waals surface area contributed by atoms with Crippen LogP contribution in [0.1, 0.15) is 56.2 Å². The van der Waals surface area contributed by atoms with Gasteiger partial charge in [0.2, 0.25) is 0 Å². The molecule has 0 unspecified atom stereocenters. The summed E-state index contributed by atoms with van der Waals surface area (Å²) >= 11 is 0. The Bertz CT molecular complexity index is 837. The normalized spacial score (nSPS) is 15.5. The number of hydrogen-bond acceptors (Lipinski definition) is 4. The second-order valence-electron chi connectivity index (χ2n) is 8.54. The molecule has 1 aliphatic rings. The molecule has 0 radical (unpaired) electrons. The number of aliphatic imine (C=N–C) groups is 1. The molecule has 0 bridgehead atoms. The molecule has 31 heavy (non-hydrogen) atoms. The minimum Gasteiger partial charge on any atom is -0.459 e. The van der Waals surface area contributed by atoms with E-state index >= 15 is 0 Å². The van der Waals surface area contributed by atoms with Gasteiger partial charge in [-0.3, -0.25) is 9.69 Å². The van der Waals surface area contributed by atoms with E-state index in [1.807, 2.05) is 24.3 Å². The number of carbonyl (C=O) groups is 1. The van der Waals surface area contributed by atoms with E-state index in [1.54, 1.807) is 12.1 Å². The van der Waals surface area contributed by atoms with Gasteiger partial charge in [0.25, 0.3) is 5.91 Å². The third kappa shape index (κ3) is 6.85. The molecule has 0 saturated carbocycles. The molecule has 168 valence electrons. The van der Waals surface area contributed by atoms with Crippen molar-refractivity contribution < 1.29 is 9.21 Å². The van der Waals surface area contributed by atoms with E-state index in [9.17, 15) is 4.79 Å². The summed E-state index contributed by atoms with van der Waals surface area (Å²) in [7, 11) is 0. The van der Waals surface area contributed by atoms with Gasteiger partial charge in [-0.05, 0) is 76.5 Å². The molecule has 0 atom stereocenters. The second kappa shape index (κ2) is 11.0. The summed E-state index contributed by atoms with van der Waals surface area (Å²) in [6.07, 6.45) is 5.40. The Morgan fingerprint density at radius 3 is 2.48 bits per heavy atom. The summed E-state index contributed by atoms with van der Waals surface area (Å²) in [5, 5.41) is 9.67. The molecule has 1 aromatic carbocycles. The topological polar surface area (TPSA) is 81.9 Å². The van der Waals surface area contributed by atoms with Gasteiger partial charge < -0.3 is 20.4 Å². The highest BCUT2D eigenvalue weighted by Gasteiger charge is 2.27. The maximum Gasteiger partial charge on any atom is 0.291 e. The first-order valence-electron chi connectivity index (χ1n) is 11.2. The molecule has 7 nitrogen and oxygen atoms in total. The average molecular weight is 426 g/mol. The molecule has 7 heteroatoms. The van der Waals surface area contributed by atoms with Crippen LogP contribution in [0.5, 0.6) is 0 Å². The van der Waals surface area contributed by atoms with Gasteiger partial charge in [0, 0.05) is 24.3 Å². The van der Waals surface area contributed by atoms with E-state index in [0.29, 0.717) is 12.3 Å². The molecule has 2 heterocycles. The molecule has 3 N–H and O–H groups in total. The van der Waals surface area contributed by atoms with Crippen LogP contribution < -0.4 is 16.0 Å². The SMILES string of the molecule is CCNC(=NCc1ccc(NC(=O)c2ccco2)cc1)NCC(C)(C)N1CCCCC1. The third-order valence-electron chi connectivity index (χ3n) is 5.62. The second-order valence-corrected chi connectivity index (χ2v) is 8.54. The Balaban J connectivity index is 1.53. The Kier molecular flexibility index (Phi) is 8.12. The van der Waals surface area contributed by atoms with Crippen molar-refractivity contribution in [3.05, 3.63) is 54.0 Å². The van der Waals surface area contributed by atoms with Gasteiger partial charge in [-0.1, -0.05) is 18.6 Å². The summed E-state index contributed by atoms with van der Waals surface area (Å²) in [5.74, 6) is 0.857. The number of benzene rings is 1. The molecular weight excluding hydrogens is 390 g/mol. The van der Waals surface area contributed by atoms with Crippen LogP contribution in [0.3, 0.4) is 0 Å². The Labute approximate surface area is 185 Å². The van der Waals surface area contributed by atoms with E-state index < -0.39 is 0 Å². The van der Waals surface area contributed by atoms with Crippen LogP contribution in [0.2, 0.25) is 0 Å². The fourth-order valence-corrected chi connectivity index (χ4v) is 3.72. The number of rotatable bonds is 8. The first-order valence-corrected chi connectivity index (χ1v) is 11.2. The maximum atomic E-state index is 12.1. The molecule has 2 aromatic rings. The summed E-state index contributed by atoms with van der Waals surface area (Å²) in [5.41, 5.74) is 1.88. The van der Waals surface area contributed by atoms with Gasteiger partial charge in [0.1, 0.15) is 0 Å². The van der Waals surface area contributed by atoms with Crippen LogP contribution in [0.4, 0.5) is 5.69 Å². The van der Waals surface area contributed by atoms with E-state index in [2.05, 4.69) is 41.6 Å². The van der Waals surface area contributed by atoms with Gasteiger partial charge in [-0.15, -0.1) is 0 Å². The highest BCUT2D eigenvalue weighted by molar-refractivity contribution is 6.02. The van der Waals surface area contributed by atoms with Crippen molar-refractivity contribution in [2.24, 2.45) is 4.99 Å². The molecule has 1 aliphatic heterocycles. The Hall–Kier alpha value is -2.80. The number of anilines is 1. The van der Waals surface area contributed by atoms with Crippen molar-refractivity contribution in [3.8, 4) is 0 Å². The van der Waals surface area contributed by atoms with E-state index in [4.69, 9.17) is 9.41 Å². The Morgan fingerprint density at radius 2 is 1.84 bits per heavy atom. The van der Waals surface area contributed by atoms with Crippen molar-refractivity contribution in [3.63, 3.8) is 0 Å². The van der Waals surface area contributed by atoms with Crippen molar-refractivity contribution in [1.82, 2.24) is 15.5 Å².